The van der Waals surface area contributed by atoms with E-state index in [4.69, 9.17) is 0 Å². The predicted octanol–water partition coefficient (Wildman–Crippen LogP) is 3.76. The molecule has 0 amide bonds. The lowest BCUT2D eigenvalue weighted by atomic mass is 9.64. The number of benzene rings is 1. The number of carbonyl (C=O) groups excluding carboxylic acids is 1. The lowest BCUT2D eigenvalue weighted by molar-refractivity contribution is -0.141. The van der Waals surface area contributed by atoms with Gasteiger partial charge in [-0.15, -0.1) is 0 Å². The Morgan fingerprint density at radius 3 is 2.50 bits per heavy atom. The molecule has 1 aliphatic carbocycles. The molecule has 1 fully saturated rings. The van der Waals surface area contributed by atoms with E-state index < -0.39 is 11.0 Å². The Bertz CT molecular complexity index is 658. The molecule has 5 heteroatoms. The first-order valence-electron chi connectivity index (χ1n) is 7.59. The molecule has 0 radical (unpaired) electrons. The Kier molecular flexibility index (Phi) is 3.93. The third-order valence-corrected chi connectivity index (χ3v) is 5.16. The molecule has 1 saturated carbocycles. The van der Waals surface area contributed by atoms with Gasteiger partial charge in [0.25, 0.3) is 0 Å². The molecule has 116 valence electrons. The van der Waals surface area contributed by atoms with Gasteiger partial charge in [0.2, 0.25) is 0 Å². The second-order valence-corrected chi connectivity index (χ2v) is 7.66. The normalized spacial score (nSPS) is 17.0. The molecule has 0 unspecified atom stereocenters. The van der Waals surface area contributed by atoms with Gasteiger partial charge in [0.1, 0.15) is 18.2 Å². The van der Waals surface area contributed by atoms with Crippen LogP contribution in [0.25, 0.3) is 0 Å². The zero-order chi connectivity index (χ0) is 15.8. The van der Waals surface area contributed by atoms with Crippen LogP contribution in [-0.4, -0.2) is 20.5 Å². The molecule has 4 nitrogen and oxygen atoms in total. The largest absolute Gasteiger partial charge is 0.296 e. The summed E-state index contributed by atoms with van der Waals surface area (Å²) in [5.74, 6) is 0.264. The summed E-state index contributed by atoms with van der Waals surface area (Å²) in [7, 11) is 0. The van der Waals surface area contributed by atoms with E-state index in [0.29, 0.717) is 0 Å². The Labute approximate surface area is 139 Å². The van der Waals surface area contributed by atoms with Crippen molar-refractivity contribution in [3.63, 3.8) is 0 Å². The highest BCUT2D eigenvalue weighted by molar-refractivity contribution is 9.10. The molecule has 3 rings (SSSR count). The third kappa shape index (κ3) is 2.62. The number of carbonyl (C=O) groups is 1. The summed E-state index contributed by atoms with van der Waals surface area (Å²) in [6, 6.07) is 8.18. The molecule has 1 heterocycles. The monoisotopic (exact) mass is 361 g/mol. The van der Waals surface area contributed by atoms with Crippen molar-refractivity contribution in [3.8, 4) is 0 Å². The van der Waals surface area contributed by atoms with Crippen LogP contribution in [0.5, 0.6) is 0 Å². The van der Waals surface area contributed by atoms with E-state index in [1.165, 1.54) is 11.9 Å². The van der Waals surface area contributed by atoms with Crippen molar-refractivity contribution in [2.45, 2.75) is 45.1 Å². The second kappa shape index (κ2) is 5.61. The Morgan fingerprint density at radius 2 is 2.00 bits per heavy atom. The SMILES string of the molecule is CC(C)(Cc1ccc(Br)cc1)C(=O)C1(n2cncn2)CCC1. The lowest BCUT2D eigenvalue weighted by Crippen LogP contribution is -2.53. The fourth-order valence-corrected chi connectivity index (χ4v) is 3.59. The van der Waals surface area contributed by atoms with Crippen LogP contribution in [-0.2, 0) is 16.8 Å². The highest BCUT2D eigenvalue weighted by atomic mass is 79.9. The van der Waals surface area contributed by atoms with Gasteiger partial charge in [-0.3, -0.25) is 4.79 Å². The third-order valence-electron chi connectivity index (χ3n) is 4.63. The number of hydrogen-bond acceptors (Lipinski definition) is 3. The lowest BCUT2D eigenvalue weighted by Gasteiger charge is -2.44. The van der Waals surface area contributed by atoms with E-state index in [1.807, 2.05) is 26.0 Å². The van der Waals surface area contributed by atoms with Gasteiger partial charge in [-0.05, 0) is 43.4 Å². The van der Waals surface area contributed by atoms with E-state index in [9.17, 15) is 4.79 Å². The van der Waals surface area contributed by atoms with Crippen molar-refractivity contribution >= 4 is 21.7 Å². The smallest absolute Gasteiger partial charge is 0.166 e. The van der Waals surface area contributed by atoms with Crippen molar-refractivity contribution < 1.29 is 4.79 Å². The van der Waals surface area contributed by atoms with Crippen molar-refractivity contribution in [3.05, 3.63) is 47.0 Å². The number of ketones is 1. The Hall–Kier alpha value is -1.49. The zero-order valence-electron chi connectivity index (χ0n) is 12.9. The highest BCUT2D eigenvalue weighted by Crippen LogP contribution is 2.44. The molecule has 1 aromatic carbocycles. The maximum atomic E-state index is 13.2. The van der Waals surface area contributed by atoms with E-state index in [-0.39, 0.29) is 5.78 Å². The minimum Gasteiger partial charge on any atom is -0.296 e. The molecule has 2 aromatic rings. The molecule has 0 atom stereocenters. The summed E-state index contributed by atoms with van der Waals surface area (Å²) < 4.78 is 2.82. The van der Waals surface area contributed by atoms with Gasteiger partial charge in [-0.25, -0.2) is 9.67 Å². The minimum absolute atomic E-state index is 0.264. The van der Waals surface area contributed by atoms with E-state index in [2.05, 4.69) is 38.1 Å². The first-order valence-corrected chi connectivity index (χ1v) is 8.38. The molecule has 1 aliphatic rings. The van der Waals surface area contributed by atoms with Gasteiger partial charge in [0, 0.05) is 9.89 Å². The molecule has 0 spiro atoms. The van der Waals surface area contributed by atoms with Crippen LogP contribution in [0, 0.1) is 5.41 Å². The van der Waals surface area contributed by atoms with E-state index in [0.717, 1.165) is 30.2 Å². The molecule has 0 aliphatic heterocycles. The van der Waals surface area contributed by atoms with Crippen molar-refractivity contribution in [2.24, 2.45) is 5.41 Å². The predicted molar refractivity (Wildman–Crippen MR) is 88.5 cm³/mol. The number of halogens is 1. The quantitative estimate of drug-likeness (QED) is 0.814. The van der Waals surface area contributed by atoms with E-state index in [1.54, 1.807) is 11.0 Å². The summed E-state index contributed by atoms with van der Waals surface area (Å²) in [5.41, 5.74) is 0.255. The minimum atomic E-state index is -0.491. The molecule has 0 N–H and O–H groups in total. The number of aromatic nitrogens is 3. The Balaban J connectivity index is 1.84. The molecule has 0 bridgehead atoms. The van der Waals surface area contributed by atoms with Gasteiger partial charge in [0.05, 0.1) is 0 Å². The van der Waals surface area contributed by atoms with Crippen LogP contribution < -0.4 is 0 Å². The molecule has 22 heavy (non-hydrogen) atoms. The highest BCUT2D eigenvalue weighted by Gasteiger charge is 2.51. The van der Waals surface area contributed by atoms with Gasteiger partial charge in [-0.2, -0.15) is 5.10 Å². The standard InChI is InChI=1S/C17H20BrN3O/c1-16(2,10-13-4-6-14(18)7-5-13)15(22)17(8-3-9-17)21-12-19-11-20-21/h4-7,11-12H,3,8-10H2,1-2H3. The van der Waals surface area contributed by atoms with E-state index >= 15 is 0 Å². The summed E-state index contributed by atoms with van der Waals surface area (Å²) in [6.07, 6.45) is 6.70. The van der Waals surface area contributed by atoms with Gasteiger partial charge in [-0.1, -0.05) is 41.9 Å². The molecular formula is C17H20BrN3O. The molecule has 1 aromatic heterocycles. The summed E-state index contributed by atoms with van der Waals surface area (Å²) in [6.45, 7) is 4.07. The number of hydrogen-bond donors (Lipinski definition) is 0. The van der Waals surface area contributed by atoms with Crippen LogP contribution in [0.4, 0.5) is 0 Å². The van der Waals surface area contributed by atoms with Crippen molar-refractivity contribution in [2.75, 3.05) is 0 Å². The maximum absolute atomic E-state index is 13.2. The fraction of sp³-hybridized carbons (Fsp3) is 0.471. The van der Waals surface area contributed by atoms with Crippen LogP contribution in [0.3, 0.4) is 0 Å². The first-order chi connectivity index (χ1) is 10.4. The van der Waals surface area contributed by atoms with Crippen molar-refractivity contribution in [1.29, 1.82) is 0 Å². The van der Waals surface area contributed by atoms with Crippen LogP contribution >= 0.6 is 15.9 Å². The summed E-state index contributed by atoms with van der Waals surface area (Å²) in [4.78, 5) is 17.3. The zero-order valence-corrected chi connectivity index (χ0v) is 14.5. The number of rotatable bonds is 5. The number of nitrogens with zero attached hydrogens (tertiary/aromatic N) is 3. The van der Waals surface area contributed by atoms with Crippen molar-refractivity contribution in [1.82, 2.24) is 14.8 Å². The van der Waals surface area contributed by atoms with Gasteiger partial charge >= 0.3 is 0 Å². The average molecular weight is 362 g/mol. The molecule has 0 saturated heterocycles. The fourth-order valence-electron chi connectivity index (χ4n) is 3.32. The maximum Gasteiger partial charge on any atom is 0.166 e. The summed E-state index contributed by atoms with van der Waals surface area (Å²) >= 11 is 3.45. The topological polar surface area (TPSA) is 47.8 Å². The number of Topliss-reactive ketones (excluding diaryl/α,β-unsaturated/α-hetero) is 1. The first kappa shape index (κ1) is 15.4. The average Bonchev–Trinajstić information content (AvgIpc) is 2.94. The van der Waals surface area contributed by atoms with Crippen LogP contribution in [0.1, 0.15) is 38.7 Å². The Morgan fingerprint density at radius 1 is 1.32 bits per heavy atom. The van der Waals surface area contributed by atoms with Crippen LogP contribution in [0.15, 0.2) is 41.4 Å². The summed E-state index contributed by atoms with van der Waals surface area (Å²) in [5, 5.41) is 4.24. The van der Waals surface area contributed by atoms with Crippen LogP contribution in [0.2, 0.25) is 0 Å². The van der Waals surface area contributed by atoms with Gasteiger partial charge < -0.3 is 0 Å². The van der Waals surface area contributed by atoms with Gasteiger partial charge in [0.15, 0.2) is 5.78 Å². The second-order valence-electron chi connectivity index (χ2n) is 6.74. The molecular weight excluding hydrogens is 342 g/mol.